The maximum Gasteiger partial charge on any atom is 0.260 e. The molecule has 0 aliphatic carbocycles. The van der Waals surface area contributed by atoms with E-state index in [0.29, 0.717) is 37.8 Å². The molecule has 1 aliphatic rings. The quantitative estimate of drug-likeness (QED) is 0.478. The van der Waals surface area contributed by atoms with Crippen LogP contribution in [-0.4, -0.2) is 61.6 Å². The van der Waals surface area contributed by atoms with Crippen LogP contribution >= 0.6 is 11.8 Å². The molecular weight excluding hydrogens is 414 g/mol. The molecule has 7 nitrogen and oxygen atoms in total. The number of benzene rings is 2. The van der Waals surface area contributed by atoms with Crippen LogP contribution in [0.15, 0.2) is 53.6 Å². The Kier molecular flexibility index (Phi) is 8.93. The van der Waals surface area contributed by atoms with Gasteiger partial charge in [0.05, 0.1) is 25.2 Å². The number of amides is 2. The van der Waals surface area contributed by atoms with Gasteiger partial charge in [-0.1, -0.05) is 24.3 Å². The number of hydrogen-bond donors (Lipinski definition) is 1. The molecule has 1 fully saturated rings. The first-order valence-corrected chi connectivity index (χ1v) is 11.3. The highest BCUT2D eigenvalue weighted by atomic mass is 32.2. The van der Waals surface area contributed by atoms with Gasteiger partial charge in [0.15, 0.2) is 6.61 Å². The van der Waals surface area contributed by atoms with Crippen molar-refractivity contribution in [3.8, 4) is 5.75 Å². The third-order valence-corrected chi connectivity index (χ3v) is 5.74. The van der Waals surface area contributed by atoms with E-state index in [-0.39, 0.29) is 18.4 Å². The minimum atomic E-state index is -0.142. The van der Waals surface area contributed by atoms with E-state index in [0.717, 1.165) is 11.3 Å². The van der Waals surface area contributed by atoms with Crippen molar-refractivity contribution in [3.63, 3.8) is 0 Å². The van der Waals surface area contributed by atoms with Crippen molar-refractivity contribution in [3.05, 3.63) is 65.2 Å². The van der Waals surface area contributed by atoms with E-state index in [9.17, 15) is 9.59 Å². The Morgan fingerprint density at radius 1 is 1.16 bits per heavy atom. The van der Waals surface area contributed by atoms with Gasteiger partial charge in [0.25, 0.3) is 5.91 Å². The van der Waals surface area contributed by atoms with Gasteiger partial charge in [0.1, 0.15) is 5.75 Å². The Balaban J connectivity index is 1.35. The third-order valence-electron chi connectivity index (χ3n) is 4.76. The summed E-state index contributed by atoms with van der Waals surface area (Å²) in [7, 11) is 0. The number of carbonyl (C=O) groups excluding carboxylic acids is 2. The first-order chi connectivity index (χ1) is 15.1. The van der Waals surface area contributed by atoms with Gasteiger partial charge in [-0.2, -0.15) is 5.10 Å². The van der Waals surface area contributed by atoms with Crippen LogP contribution in [0, 0.1) is 6.92 Å². The minimum absolute atomic E-state index is 0.00364. The molecule has 0 unspecified atom stereocenters. The third kappa shape index (κ3) is 7.73. The number of hydrazone groups is 1. The van der Waals surface area contributed by atoms with E-state index >= 15 is 0 Å². The number of morpholine rings is 1. The summed E-state index contributed by atoms with van der Waals surface area (Å²) in [5.74, 6) is 1.55. The second-order valence-electron chi connectivity index (χ2n) is 7.06. The van der Waals surface area contributed by atoms with Gasteiger partial charge >= 0.3 is 0 Å². The van der Waals surface area contributed by atoms with Gasteiger partial charge < -0.3 is 14.4 Å². The minimum Gasteiger partial charge on any atom is -0.484 e. The summed E-state index contributed by atoms with van der Waals surface area (Å²) in [6, 6.07) is 15.3. The number of aryl methyl sites for hydroxylation is 1. The predicted octanol–water partition coefficient (Wildman–Crippen LogP) is 2.62. The molecule has 2 aromatic carbocycles. The molecule has 164 valence electrons. The van der Waals surface area contributed by atoms with E-state index in [1.807, 2.05) is 24.3 Å². The van der Waals surface area contributed by atoms with Gasteiger partial charge in [-0.3, -0.25) is 9.59 Å². The van der Waals surface area contributed by atoms with E-state index in [1.54, 1.807) is 35.0 Å². The molecule has 1 aliphatic heterocycles. The van der Waals surface area contributed by atoms with E-state index in [4.69, 9.17) is 9.47 Å². The van der Waals surface area contributed by atoms with Crippen LogP contribution in [0.1, 0.15) is 16.7 Å². The number of nitrogens with zero attached hydrogens (tertiary/aromatic N) is 2. The van der Waals surface area contributed by atoms with Gasteiger partial charge in [-0.25, -0.2) is 5.43 Å². The second-order valence-corrected chi connectivity index (χ2v) is 8.05. The number of rotatable bonds is 9. The average Bonchev–Trinajstić information content (AvgIpc) is 2.80. The Bertz CT molecular complexity index is 896. The van der Waals surface area contributed by atoms with Crippen molar-refractivity contribution in [2.45, 2.75) is 12.7 Å². The summed E-state index contributed by atoms with van der Waals surface area (Å²) in [5, 5.41) is 4.00. The topological polar surface area (TPSA) is 80.2 Å². The highest BCUT2D eigenvalue weighted by Gasteiger charge is 2.17. The summed E-state index contributed by atoms with van der Waals surface area (Å²) in [4.78, 5) is 25.8. The summed E-state index contributed by atoms with van der Waals surface area (Å²) in [6.45, 7) is 4.42. The van der Waals surface area contributed by atoms with Gasteiger partial charge in [-0.05, 0) is 47.9 Å². The average molecular weight is 442 g/mol. The van der Waals surface area contributed by atoms with Crippen molar-refractivity contribution in [2.75, 3.05) is 38.7 Å². The van der Waals surface area contributed by atoms with Gasteiger partial charge in [-0.15, -0.1) is 11.8 Å². The fourth-order valence-electron chi connectivity index (χ4n) is 2.94. The van der Waals surface area contributed by atoms with Crippen molar-refractivity contribution < 1.29 is 19.1 Å². The smallest absolute Gasteiger partial charge is 0.260 e. The molecule has 0 aromatic heterocycles. The molecular formula is C23H27N3O4S. The van der Waals surface area contributed by atoms with Crippen molar-refractivity contribution in [2.24, 2.45) is 5.10 Å². The lowest BCUT2D eigenvalue weighted by molar-refractivity contribution is -0.137. The van der Waals surface area contributed by atoms with E-state index in [1.165, 1.54) is 11.1 Å². The lowest BCUT2D eigenvalue weighted by Gasteiger charge is -2.26. The number of carbonyl (C=O) groups is 2. The molecule has 0 spiro atoms. The normalized spacial score (nSPS) is 13.9. The highest BCUT2D eigenvalue weighted by Crippen LogP contribution is 2.15. The van der Waals surface area contributed by atoms with Gasteiger partial charge in [0.2, 0.25) is 5.91 Å². The van der Waals surface area contributed by atoms with Crippen LogP contribution in [0.5, 0.6) is 5.75 Å². The maximum absolute atomic E-state index is 12.1. The molecule has 8 heteroatoms. The highest BCUT2D eigenvalue weighted by molar-refractivity contribution is 7.99. The zero-order chi connectivity index (χ0) is 21.9. The SMILES string of the molecule is Cc1ccccc1CSCC(=O)N/N=C/c1ccc(OCC(=O)N2CCOCC2)cc1. The Morgan fingerprint density at radius 2 is 1.90 bits per heavy atom. The largest absolute Gasteiger partial charge is 0.484 e. The number of hydrogen-bond acceptors (Lipinski definition) is 6. The van der Waals surface area contributed by atoms with Crippen LogP contribution in [-0.2, 0) is 20.1 Å². The van der Waals surface area contributed by atoms with Crippen molar-refractivity contribution >= 4 is 29.8 Å². The predicted molar refractivity (Wildman–Crippen MR) is 122 cm³/mol. The van der Waals surface area contributed by atoms with Gasteiger partial charge in [0, 0.05) is 18.8 Å². The molecule has 1 saturated heterocycles. The number of ether oxygens (including phenoxy) is 2. The monoisotopic (exact) mass is 441 g/mol. The molecule has 0 radical (unpaired) electrons. The first-order valence-electron chi connectivity index (χ1n) is 10.1. The zero-order valence-corrected chi connectivity index (χ0v) is 18.4. The Hall–Kier alpha value is -2.84. The van der Waals surface area contributed by atoms with Crippen LogP contribution in [0.2, 0.25) is 0 Å². The summed E-state index contributed by atoms with van der Waals surface area (Å²) in [5.41, 5.74) is 5.82. The Morgan fingerprint density at radius 3 is 2.65 bits per heavy atom. The number of thioether (sulfide) groups is 1. The zero-order valence-electron chi connectivity index (χ0n) is 17.6. The molecule has 1 heterocycles. The van der Waals surface area contributed by atoms with Crippen LogP contribution in [0.3, 0.4) is 0 Å². The number of nitrogens with one attached hydrogen (secondary N) is 1. The molecule has 0 bridgehead atoms. The summed E-state index contributed by atoms with van der Waals surface area (Å²) >= 11 is 1.55. The van der Waals surface area contributed by atoms with E-state index < -0.39 is 0 Å². The molecule has 2 aromatic rings. The molecule has 3 rings (SSSR count). The molecule has 31 heavy (non-hydrogen) atoms. The molecule has 0 atom stereocenters. The maximum atomic E-state index is 12.1. The van der Waals surface area contributed by atoms with Crippen LogP contribution < -0.4 is 10.2 Å². The van der Waals surface area contributed by atoms with E-state index in [2.05, 4.69) is 29.6 Å². The first kappa shape index (κ1) is 22.8. The van der Waals surface area contributed by atoms with Crippen molar-refractivity contribution in [1.82, 2.24) is 10.3 Å². The Labute approximate surface area is 186 Å². The van der Waals surface area contributed by atoms with Crippen molar-refractivity contribution in [1.29, 1.82) is 0 Å². The second kappa shape index (κ2) is 12.1. The lowest BCUT2D eigenvalue weighted by Crippen LogP contribution is -2.42. The lowest BCUT2D eigenvalue weighted by atomic mass is 10.1. The fourth-order valence-corrected chi connectivity index (χ4v) is 3.83. The molecule has 2 amide bonds. The van der Waals surface area contributed by atoms with Crippen LogP contribution in [0.4, 0.5) is 0 Å². The summed E-state index contributed by atoms with van der Waals surface area (Å²) in [6.07, 6.45) is 1.58. The molecule has 0 saturated carbocycles. The molecule has 1 N–H and O–H groups in total. The standard InChI is InChI=1S/C23H27N3O4S/c1-18-4-2-3-5-20(18)16-31-17-22(27)25-24-14-19-6-8-21(9-7-19)30-15-23(28)26-10-12-29-13-11-26/h2-9,14H,10-13,15-17H2,1H3,(H,25,27)/b24-14+. The fraction of sp³-hybridized carbons (Fsp3) is 0.348. The van der Waals surface area contributed by atoms with Crippen LogP contribution in [0.25, 0.3) is 0 Å². The summed E-state index contributed by atoms with van der Waals surface area (Å²) < 4.78 is 10.8.